The largest absolute Gasteiger partial charge is 0.485 e. The number of benzene rings is 2. The van der Waals surface area contributed by atoms with Crippen LogP contribution in [0.2, 0.25) is 10.0 Å². The second-order valence-electron chi connectivity index (χ2n) is 5.19. The van der Waals surface area contributed by atoms with Crippen molar-refractivity contribution in [2.75, 3.05) is 6.54 Å². The highest BCUT2D eigenvalue weighted by Gasteiger charge is 2.28. The van der Waals surface area contributed by atoms with Crippen LogP contribution in [0.1, 0.15) is 36.6 Å². The standard InChI is InChI=1S/C17H17Cl2NO/c1-2-20-15-10-17(11-7-12(18)9-13(19)8-11)21-16-6-4-3-5-14(15)16/h3-9,15,17,20H,2,10H2,1H3. The maximum absolute atomic E-state index is 6.15. The first-order chi connectivity index (χ1) is 10.2. The molecule has 2 aromatic carbocycles. The van der Waals surface area contributed by atoms with Crippen molar-refractivity contribution in [3.05, 3.63) is 63.6 Å². The number of rotatable bonds is 3. The zero-order valence-corrected chi connectivity index (χ0v) is 13.3. The van der Waals surface area contributed by atoms with Gasteiger partial charge in [0.2, 0.25) is 0 Å². The van der Waals surface area contributed by atoms with E-state index in [0.29, 0.717) is 10.0 Å². The number of hydrogen-bond acceptors (Lipinski definition) is 2. The van der Waals surface area contributed by atoms with Gasteiger partial charge < -0.3 is 10.1 Å². The molecule has 4 heteroatoms. The third-order valence-electron chi connectivity index (χ3n) is 3.72. The van der Waals surface area contributed by atoms with Crippen molar-refractivity contribution in [1.29, 1.82) is 0 Å². The molecule has 2 atom stereocenters. The Labute approximate surface area is 135 Å². The summed E-state index contributed by atoms with van der Waals surface area (Å²) < 4.78 is 6.15. The van der Waals surface area contributed by atoms with E-state index in [2.05, 4.69) is 18.3 Å². The van der Waals surface area contributed by atoms with Gasteiger partial charge in [0.1, 0.15) is 11.9 Å². The quantitative estimate of drug-likeness (QED) is 0.842. The van der Waals surface area contributed by atoms with Gasteiger partial charge in [-0.1, -0.05) is 48.3 Å². The van der Waals surface area contributed by atoms with E-state index in [4.69, 9.17) is 27.9 Å². The SMILES string of the molecule is CCNC1CC(c2cc(Cl)cc(Cl)c2)Oc2ccccc21. The molecule has 2 aromatic rings. The van der Waals surface area contributed by atoms with Crippen LogP contribution in [0.15, 0.2) is 42.5 Å². The number of fused-ring (bicyclic) bond motifs is 1. The summed E-state index contributed by atoms with van der Waals surface area (Å²) in [6, 6.07) is 14.0. The summed E-state index contributed by atoms with van der Waals surface area (Å²) in [7, 11) is 0. The molecule has 1 heterocycles. The van der Waals surface area contributed by atoms with Gasteiger partial charge in [-0.15, -0.1) is 0 Å². The number of hydrogen-bond donors (Lipinski definition) is 1. The number of ether oxygens (including phenoxy) is 1. The molecule has 0 radical (unpaired) electrons. The van der Waals surface area contributed by atoms with E-state index in [-0.39, 0.29) is 12.1 Å². The van der Waals surface area contributed by atoms with E-state index < -0.39 is 0 Å². The van der Waals surface area contributed by atoms with Crippen molar-refractivity contribution < 1.29 is 4.74 Å². The molecule has 0 saturated carbocycles. The van der Waals surface area contributed by atoms with Crippen LogP contribution < -0.4 is 10.1 Å². The Morgan fingerprint density at radius 1 is 1.14 bits per heavy atom. The van der Waals surface area contributed by atoms with E-state index in [1.54, 1.807) is 6.07 Å². The van der Waals surface area contributed by atoms with Crippen LogP contribution in [0.4, 0.5) is 0 Å². The average molecular weight is 322 g/mol. The third kappa shape index (κ3) is 3.18. The number of nitrogens with one attached hydrogen (secondary N) is 1. The summed E-state index contributed by atoms with van der Waals surface area (Å²) in [5.74, 6) is 0.927. The normalized spacial score (nSPS) is 20.7. The van der Waals surface area contributed by atoms with Gasteiger partial charge in [-0.05, 0) is 36.4 Å². The smallest absolute Gasteiger partial charge is 0.126 e. The molecule has 110 valence electrons. The fourth-order valence-corrected chi connectivity index (χ4v) is 3.37. The van der Waals surface area contributed by atoms with Crippen molar-refractivity contribution in [3.8, 4) is 5.75 Å². The molecule has 21 heavy (non-hydrogen) atoms. The maximum atomic E-state index is 6.15. The average Bonchev–Trinajstić information content (AvgIpc) is 2.46. The molecule has 0 bridgehead atoms. The lowest BCUT2D eigenvalue weighted by atomic mass is 9.93. The minimum atomic E-state index is -0.0415. The summed E-state index contributed by atoms with van der Waals surface area (Å²) in [5, 5.41) is 4.80. The highest BCUT2D eigenvalue weighted by molar-refractivity contribution is 6.34. The van der Waals surface area contributed by atoms with Crippen molar-refractivity contribution >= 4 is 23.2 Å². The second kappa shape index (κ2) is 6.27. The topological polar surface area (TPSA) is 21.3 Å². The molecule has 0 amide bonds. The molecule has 2 nitrogen and oxygen atoms in total. The van der Waals surface area contributed by atoms with Gasteiger partial charge in [0.05, 0.1) is 0 Å². The summed E-state index contributed by atoms with van der Waals surface area (Å²) in [5.41, 5.74) is 2.23. The van der Waals surface area contributed by atoms with Gasteiger partial charge in [-0.3, -0.25) is 0 Å². The van der Waals surface area contributed by atoms with Crippen LogP contribution in [0.5, 0.6) is 5.75 Å². The number of para-hydroxylation sites is 1. The predicted molar refractivity (Wildman–Crippen MR) is 87.3 cm³/mol. The Bertz CT molecular complexity index is 624. The Balaban J connectivity index is 1.95. The predicted octanol–water partition coefficient (Wildman–Crippen LogP) is 5.17. The summed E-state index contributed by atoms with van der Waals surface area (Å²) >= 11 is 12.2. The van der Waals surface area contributed by atoms with Crippen LogP contribution >= 0.6 is 23.2 Å². The molecule has 1 aliphatic heterocycles. The van der Waals surface area contributed by atoms with Crippen LogP contribution in [0, 0.1) is 0 Å². The minimum absolute atomic E-state index is 0.0415. The fourth-order valence-electron chi connectivity index (χ4n) is 2.82. The van der Waals surface area contributed by atoms with Gasteiger partial charge in [-0.2, -0.15) is 0 Å². The zero-order valence-electron chi connectivity index (χ0n) is 11.8. The number of halogens is 2. The van der Waals surface area contributed by atoms with Crippen molar-refractivity contribution in [2.24, 2.45) is 0 Å². The third-order valence-corrected chi connectivity index (χ3v) is 4.16. The molecule has 0 aromatic heterocycles. The van der Waals surface area contributed by atoms with Crippen LogP contribution in [0.3, 0.4) is 0 Å². The van der Waals surface area contributed by atoms with Crippen LogP contribution in [-0.2, 0) is 0 Å². The molecule has 3 rings (SSSR count). The van der Waals surface area contributed by atoms with Crippen molar-refractivity contribution in [1.82, 2.24) is 5.32 Å². The molecule has 1 N–H and O–H groups in total. The molecular weight excluding hydrogens is 305 g/mol. The van der Waals surface area contributed by atoms with E-state index >= 15 is 0 Å². The molecule has 0 saturated heterocycles. The molecule has 0 spiro atoms. The Morgan fingerprint density at radius 2 is 1.86 bits per heavy atom. The van der Waals surface area contributed by atoms with Gasteiger partial charge in [0.25, 0.3) is 0 Å². The first-order valence-electron chi connectivity index (χ1n) is 7.12. The van der Waals surface area contributed by atoms with Crippen LogP contribution in [0.25, 0.3) is 0 Å². The Kier molecular flexibility index (Phi) is 4.39. The lowest BCUT2D eigenvalue weighted by molar-refractivity contribution is 0.152. The first kappa shape index (κ1) is 14.7. The van der Waals surface area contributed by atoms with Crippen LogP contribution in [-0.4, -0.2) is 6.54 Å². The summed E-state index contributed by atoms with van der Waals surface area (Å²) in [6.07, 6.45) is 0.821. The summed E-state index contributed by atoms with van der Waals surface area (Å²) in [6.45, 7) is 3.03. The minimum Gasteiger partial charge on any atom is -0.485 e. The maximum Gasteiger partial charge on any atom is 0.126 e. The van der Waals surface area contributed by atoms with E-state index in [0.717, 1.165) is 24.3 Å². The molecule has 0 aliphatic carbocycles. The highest BCUT2D eigenvalue weighted by atomic mass is 35.5. The molecular formula is C17H17Cl2NO. The van der Waals surface area contributed by atoms with Gasteiger partial charge in [0, 0.05) is 28.1 Å². The second-order valence-corrected chi connectivity index (χ2v) is 6.07. The van der Waals surface area contributed by atoms with Crippen molar-refractivity contribution in [2.45, 2.75) is 25.5 Å². The molecule has 0 fully saturated rings. The highest BCUT2D eigenvalue weighted by Crippen LogP contribution is 2.41. The van der Waals surface area contributed by atoms with Gasteiger partial charge in [-0.25, -0.2) is 0 Å². The van der Waals surface area contributed by atoms with Gasteiger partial charge >= 0.3 is 0 Å². The summed E-state index contributed by atoms with van der Waals surface area (Å²) in [4.78, 5) is 0. The van der Waals surface area contributed by atoms with E-state index in [1.807, 2.05) is 30.3 Å². The lowest BCUT2D eigenvalue weighted by Crippen LogP contribution is -2.28. The van der Waals surface area contributed by atoms with Crippen molar-refractivity contribution in [3.63, 3.8) is 0 Å². The Morgan fingerprint density at radius 3 is 2.57 bits per heavy atom. The zero-order chi connectivity index (χ0) is 14.8. The monoisotopic (exact) mass is 321 g/mol. The van der Waals surface area contributed by atoms with E-state index in [9.17, 15) is 0 Å². The fraction of sp³-hybridized carbons (Fsp3) is 0.294. The first-order valence-corrected chi connectivity index (χ1v) is 7.88. The lowest BCUT2D eigenvalue weighted by Gasteiger charge is -2.33. The van der Waals surface area contributed by atoms with Gasteiger partial charge in [0.15, 0.2) is 0 Å². The Hall–Kier alpha value is -1.22. The molecule has 1 aliphatic rings. The van der Waals surface area contributed by atoms with E-state index in [1.165, 1.54) is 5.56 Å². The molecule has 2 unspecified atom stereocenters.